The summed E-state index contributed by atoms with van der Waals surface area (Å²) in [6, 6.07) is 6.17. The first-order valence-electron chi connectivity index (χ1n) is 5.65. The smallest absolute Gasteiger partial charge is 0.165 e. The van der Waals surface area contributed by atoms with E-state index in [-0.39, 0.29) is 0 Å². The molecular formula is C13H17N3O. The zero-order valence-corrected chi connectivity index (χ0v) is 10.2. The second-order valence-corrected chi connectivity index (χ2v) is 4.09. The Balaban J connectivity index is 2.22. The van der Waals surface area contributed by atoms with E-state index < -0.39 is 0 Å². The van der Waals surface area contributed by atoms with Gasteiger partial charge in [-0.2, -0.15) is 5.10 Å². The second-order valence-electron chi connectivity index (χ2n) is 4.09. The molecule has 0 amide bonds. The van der Waals surface area contributed by atoms with E-state index in [1.807, 2.05) is 26.2 Å². The number of aromatic nitrogens is 2. The number of aryl methyl sites for hydroxylation is 2. The van der Waals surface area contributed by atoms with E-state index >= 15 is 0 Å². The summed E-state index contributed by atoms with van der Waals surface area (Å²) in [4.78, 5) is 0. The highest BCUT2D eigenvalue weighted by Crippen LogP contribution is 2.25. The fourth-order valence-electron chi connectivity index (χ4n) is 1.66. The molecule has 0 atom stereocenters. The predicted octanol–water partition coefficient (Wildman–Crippen LogP) is 2.02. The summed E-state index contributed by atoms with van der Waals surface area (Å²) in [7, 11) is 1.87. The summed E-state index contributed by atoms with van der Waals surface area (Å²) in [5, 5.41) is 4.07. The summed E-state index contributed by atoms with van der Waals surface area (Å²) in [5.41, 5.74) is 7.85. The van der Waals surface area contributed by atoms with Crippen LogP contribution in [0.25, 0.3) is 0 Å². The maximum atomic E-state index is 5.79. The van der Waals surface area contributed by atoms with Gasteiger partial charge in [0.2, 0.25) is 0 Å². The Morgan fingerprint density at radius 3 is 2.88 bits per heavy atom. The predicted molar refractivity (Wildman–Crippen MR) is 67.2 cm³/mol. The zero-order chi connectivity index (χ0) is 12.3. The Kier molecular flexibility index (Phi) is 3.44. The van der Waals surface area contributed by atoms with Crippen LogP contribution in [-0.2, 0) is 13.5 Å². The van der Waals surface area contributed by atoms with Crippen molar-refractivity contribution in [3.05, 3.63) is 41.7 Å². The van der Waals surface area contributed by atoms with Gasteiger partial charge in [0.1, 0.15) is 5.75 Å². The van der Waals surface area contributed by atoms with Crippen LogP contribution in [-0.4, -0.2) is 16.3 Å². The largest absolute Gasteiger partial charge is 0.454 e. The van der Waals surface area contributed by atoms with Crippen molar-refractivity contribution < 1.29 is 4.74 Å². The van der Waals surface area contributed by atoms with Crippen molar-refractivity contribution in [1.82, 2.24) is 9.78 Å². The number of ether oxygens (including phenoxy) is 1. The minimum atomic E-state index is 0.648. The van der Waals surface area contributed by atoms with E-state index in [0.29, 0.717) is 6.54 Å². The van der Waals surface area contributed by atoms with Gasteiger partial charge < -0.3 is 10.5 Å². The van der Waals surface area contributed by atoms with Crippen LogP contribution in [0.2, 0.25) is 0 Å². The van der Waals surface area contributed by atoms with Crippen LogP contribution in [0.15, 0.2) is 30.6 Å². The van der Waals surface area contributed by atoms with Gasteiger partial charge in [0.05, 0.1) is 12.4 Å². The lowest BCUT2D eigenvalue weighted by molar-refractivity contribution is 0.477. The Labute approximate surface area is 101 Å². The van der Waals surface area contributed by atoms with Crippen molar-refractivity contribution >= 4 is 0 Å². The molecule has 0 unspecified atom stereocenters. The van der Waals surface area contributed by atoms with Gasteiger partial charge in [0, 0.05) is 7.05 Å². The van der Waals surface area contributed by atoms with Crippen LogP contribution in [0, 0.1) is 6.92 Å². The lowest BCUT2D eigenvalue weighted by Crippen LogP contribution is -2.02. The molecule has 4 nitrogen and oxygen atoms in total. The van der Waals surface area contributed by atoms with Crippen molar-refractivity contribution in [2.24, 2.45) is 12.8 Å². The van der Waals surface area contributed by atoms with Crippen molar-refractivity contribution in [3.8, 4) is 11.5 Å². The van der Waals surface area contributed by atoms with Gasteiger partial charge in [-0.25, -0.2) is 0 Å². The first-order chi connectivity index (χ1) is 8.19. The fourth-order valence-corrected chi connectivity index (χ4v) is 1.66. The molecule has 0 radical (unpaired) electrons. The molecule has 0 saturated heterocycles. The van der Waals surface area contributed by atoms with Crippen LogP contribution >= 0.6 is 0 Å². The molecule has 17 heavy (non-hydrogen) atoms. The van der Waals surface area contributed by atoms with E-state index in [1.54, 1.807) is 10.9 Å². The summed E-state index contributed by atoms with van der Waals surface area (Å²) < 4.78 is 7.51. The maximum absolute atomic E-state index is 5.79. The molecule has 90 valence electrons. The highest BCUT2D eigenvalue weighted by Gasteiger charge is 2.04. The summed E-state index contributed by atoms with van der Waals surface area (Å²) in [6.45, 7) is 2.67. The number of benzene rings is 1. The molecule has 0 aliphatic heterocycles. The summed E-state index contributed by atoms with van der Waals surface area (Å²) >= 11 is 0. The topological polar surface area (TPSA) is 53.1 Å². The van der Waals surface area contributed by atoms with Crippen LogP contribution in [0.3, 0.4) is 0 Å². The van der Waals surface area contributed by atoms with E-state index in [4.69, 9.17) is 10.5 Å². The standard InChI is InChI=1S/C13H17N3O/c1-10-3-4-11(5-6-14)7-13(10)17-12-8-15-16(2)9-12/h3-4,7-9H,5-6,14H2,1-2H3. The van der Waals surface area contributed by atoms with E-state index in [2.05, 4.69) is 17.2 Å². The number of hydrogen-bond donors (Lipinski definition) is 1. The number of nitrogens with two attached hydrogens (primary N) is 1. The average molecular weight is 231 g/mol. The van der Waals surface area contributed by atoms with Crippen LogP contribution in [0.4, 0.5) is 0 Å². The van der Waals surface area contributed by atoms with E-state index in [0.717, 1.165) is 23.5 Å². The van der Waals surface area contributed by atoms with Crippen LogP contribution < -0.4 is 10.5 Å². The molecule has 4 heteroatoms. The van der Waals surface area contributed by atoms with Crippen molar-refractivity contribution in [2.75, 3.05) is 6.54 Å². The number of rotatable bonds is 4. The first kappa shape index (κ1) is 11.7. The molecule has 0 saturated carbocycles. The molecule has 0 aliphatic carbocycles. The molecule has 0 fully saturated rings. The quantitative estimate of drug-likeness (QED) is 0.875. The molecule has 1 heterocycles. The molecule has 0 aliphatic rings. The van der Waals surface area contributed by atoms with Crippen molar-refractivity contribution in [1.29, 1.82) is 0 Å². The Hall–Kier alpha value is -1.81. The van der Waals surface area contributed by atoms with E-state index in [9.17, 15) is 0 Å². The molecule has 2 aromatic rings. The SMILES string of the molecule is Cc1ccc(CCN)cc1Oc1cnn(C)c1. The van der Waals surface area contributed by atoms with Gasteiger partial charge in [0.25, 0.3) is 0 Å². The molecule has 1 aromatic heterocycles. The zero-order valence-electron chi connectivity index (χ0n) is 10.2. The molecular weight excluding hydrogens is 214 g/mol. The Morgan fingerprint density at radius 1 is 1.41 bits per heavy atom. The summed E-state index contributed by atoms with van der Waals surface area (Å²) in [6.07, 6.45) is 4.41. The third kappa shape index (κ3) is 2.85. The van der Waals surface area contributed by atoms with E-state index in [1.165, 1.54) is 5.56 Å². The van der Waals surface area contributed by atoms with Crippen LogP contribution in [0.5, 0.6) is 11.5 Å². The van der Waals surface area contributed by atoms with Crippen LogP contribution in [0.1, 0.15) is 11.1 Å². The number of hydrogen-bond acceptors (Lipinski definition) is 3. The maximum Gasteiger partial charge on any atom is 0.165 e. The minimum Gasteiger partial charge on any atom is -0.454 e. The lowest BCUT2D eigenvalue weighted by Gasteiger charge is -2.08. The van der Waals surface area contributed by atoms with Crippen molar-refractivity contribution in [3.63, 3.8) is 0 Å². The third-order valence-electron chi connectivity index (χ3n) is 2.59. The Bertz CT molecular complexity index is 505. The molecule has 0 spiro atoms. The normalized spacial score (nSPS) is 10.5. The number of nitrogens with zero attached hydrogens (tertiary/aromatic N) is 2. The van der Waals surface area contributed by atoms with Crippen molar-refractivity contribution in [2.45, 2.75) is 13.3 Å². The Morgan fingerprint density at radius 2 is 2.24 bits per heavy atom. The first-order valence-corrected chi connectivity index (χ1v) is 5.65. The molecule has 1 aromatic carbocycles. The fraction of sp³-hybridized carbons (Fsp3) is 0.308. The summed E-state index contributed by atoms with van der Waals surface area (Å²) in [5.74, 6) is 1.62. The lowest BCUT2D eigenvalue weighted by atomic mass is 10.1. The minimum absolute atomic E-state index is 0.648. The molecule has 0 bridgehead atoms. The van der Waals surface area contributed by atoms with Gasteiger partial charge in [-0.1, -0.05) is 12.1 Å². The third-order valence-corrected chi connectivity index (χ3v) is 2.59. The molecule has 2 rings (SSSR count). The average Bonchev–Trinajstić information content (AvgIpc) is 2.69. The highest BCUT2D eigenvalue weighted by atomic mass is 16.5. The van der Waals surface area contributed by atoms with Gasteiger partial charge in [-0.15, -0.1) is 0 Å². The van der Waals surface area contributed by atoms with Gasteiger partial charge in [-0.05, 0) is 37.1 Å². The van der Waals surface area contributed by atoms with Gasteiger partial charge in [-0.3, -0.25) is 4.68 Å². The van der Waals surface area contributed by atoms with Gasteiger partial charge >= 0.3 is 0 Å². The monoisotopic (exact) mass is 231 g/mol. The highest BCUT2D eigenvalue weighted by molar-refractivity contribution is 5.39. The second kappa shape index (κ2) is 5.01. The van der Waals surface area contributed by atoms with Gasteiger partial charge in [0.15, 0.2) is 5.75 Å². The molecule has 2 N–H and O–H groups in total.